The maximum Gasteiger partial charge on any atom is 0.310 e. The fourth-order valence-corrected chi connectivity index (χ4v) is 3.75. The first-order valence-electron chi connectivity index (χ1n) is 8.12. The second-order valence-electron chi connectivity index (χ2n) is 6.00. The number of rotatable bonds is 5. The average molecular weight is 323 g/mol. The Labute approximate surface area is 141 Å². The highest BCUT2D eigenvalue weighted by atomic mass is 16.5. The summed E-state index contributed by atoms with van der Waals surface area (Å²) in [7, 11) is 0. The summed E-state index contributed by atoms with van der Waals surface area (Å²) in [6.45, 7) is 1.95. The van der Waals surface area contributed by atoms with E-state index in [2.05, 4.69) is 0 Å². The predicted octanol–water partition coefficient (Wildman–Crippen LogP) is 2.11. The van der Waals surface area contributed by atoms with E-state index in [-0.39, 0.29) is 18.4 Å². The van der Waals surface area contributed by atoms with Gasteiger partial charge in [-0.25, -0.2) is 0 Å². The van der Waals surface area contributed by atoms with Crippen molar-refractivity contribution in [3.8, 4) is 0 Å². The number of carbonyl (C=O) groups is 2. The van der Waals surface area contributed by atoms with Crippen LogP contribution >= 0.6 is 0 Å². The third-order valence-electron chi connectivity index (χ3n) is 4.75. The Morgan fingerprint density at radius 1 is 0.875 bits per heavy atom. The Morgan fingerprint density at radius 3 is 1.75 bits per heavy atom. The van der Waals surface area contributed by atoms with E-state index in [1.807, 2.05) is 60.7 Å². The van der Waals surface area contributed by atoms with Gasteiger partial charge in [0, 0.05) is 23.7 Å². The van der Waals surface area contributed by atoms with Crippen LogP contribution in [0.25, 0.3) is 0 Å². The minimum Gasteiger partial charge on any atom is -0.550 e. The third kappa shape index (κ3) is 2.80. The van der Waals surface area contributed by atoms with Crippen molar-refractivity contribution in [2.75, 3.05) is 6.61 Å². The van der Waals surface area contributed by atoms with Gasteiger partial charge in [-0.05, 0) is 18.1 Å². The van der Waals surface area contributed by atoms with Gasteiger partial charge in [-0.1, -0.05) is 60.7 Å². The van der Waals surface area contributed by atoms with Crippen LogP contribution in [0.3, 0.4) is 0 Å². The van der Waals surface area contributed by atoms with E-state index in [1.165, 1.54) is 0 Å². The number of aliphatic carboxylic acids is 1. The third-order valence-corrected chi connectivity index (χ3v) is 4.75. The summed E-state index contributed by atoms with van der Waals surface area (Å²) < 4.78 is 5.13. The molecule has 2 aromatic carbocycles. The molecule has 0 heterocycles. The summed E-state index contributed by atoms with van der Waals surface area (Å²) in [5.41, 5.74) is 1.85. The van der Waals surface area contributed by atoms with Gasteiger partial charge in [0.2, 0.25) is 0 Å². The molecular formula is C20H19O4-. The molecule has 3 rings (SSSR count). The van der Waals surface area contributed by atoms with E-state index < -0.39 is 23.8 Å². The Kier molecular flexibility index (Phi) is 4.65. The molecule has 0 amide bonds. The smallest absolute Gasteiger partial charge is 0.310 e. The lowest BCUT2D eigenvalue weighted by Gasteiger charge is -2.51. The molecule has 0 bridgehead atoms. The fraction of sp³-hybridized carbons (Fsp3) is 0.300. The van der Waals surface area contributed by atoms with Gasteiger partial charge in [0.1, 0.15) is 0 Å². The molecule has 0 N–H and O–H groups in total. The molecule has 4 atom stereocenters. The van der Waals surface area contributed by atoms with Crippen LogP contribution in [-0.2, 0) is 14.3 Å². The highest BCUT2D eigenvalue weighted by molar-refractivity contribution is 5.85. The number of carbonyl (C=O) groups excluding carboxylic acids is 2. The molecule has 1 saturated carbocycles. The molecule has 4 heteroatoms. The van der Waals surface area contributed by atoms with Crippen LogP contribution in [0.1, 0.15) is 29.9 Å². The summed E-state index contributed by atoms with van der Waals surface area (Å²) >= 11 is 0. The van der Waals surface area contributed by atoms with Crippen LogP contribution in [-0.4, -0.2) is 18.5 Å². The minimum atomic E-state index is -1.20. The lowest BCUT2D eigenvalue weighted by molar-refractivity contribution is -0.318. The molecule has 0 aromatic heterocycles. The quantitative estimate of drug-likeness (QED) is 0.791. The molecule has 4 unspecified atom stereocenters. The maximum absolute atomic E-state index is 12.4. The molecule has 1 aliphatic rings. The Balaban J connectivity index is 2.04. The van der Waals surface area contributed by atoms with Crippen LogP contribution in [0.4, 0.5) is 0 Å². The SMILES string of the molecule is CCOC(=O)C1C(C(=O)[O-])C(c2ccccc2)C1c1ccccc1. The van der Waals surface area contributed by atoms with Crippen molar-refractivity contribution in [1.29, 1.82) is 0 Å². The molecule has 1 fully saturated rings. The van der Waals surface area contributed by atoms with Crippen LogP contribution < -0.4 is 5.11 Å². The van der Waals surface area contributed by atoms with Gasteiger partial charge in [-0.3, -0.25) is 4.79 Å². The second-order valence-corrected chi connectivity index (χ2v) is 6.00. The molecule has 0 saturated heterocycles. The van der Waals surface area contributed by atoms with Gasteiger partial charge in [0.25, 0.3) is 0 Å². The summed E-state index contributed by atoms with van der Waals surface area (Å²) in [6, 6.07) is 19.0. The largest absolute Gasteiger partial charge is 0.550 e. The van der Waals surface area contributed by atoms with Gasteiger partial charge >= 0.3 is 5.97 Å². The first kappa shape index (κ1) is 16.2. The highest BCUT2D eigenvalue weighted by Gasteiger charge is 2.56. The van der Waals surface area contributed by atoms with Crippen molar-refractivity contribution in [2.24, 2.45) is 11.8 Å². The number of ether oxygens (including phenoxy) is 1. The van der Waals surface area contributed by atoms with Gasteiger partial charge in [0.05, 0.1) is 12.5 Å². The first-order chi connectivity index (χ1) is 11.6. The number of esters is 1. The minimum absolute atomic E-state index is 0.226. The summed E-state index contributed by atoms with van der Waals surface area (Å²) in [6.07, 6.45) is 0. The van der Waals surface area contributed by atoms with Gasteiger partial charge in [-0.2, -0.15) is 0 Å². The molecule has 0 radical (unpaired) electrons. The zero-order chi connectivity index (χ0) is 17.1. The predicted molar refractivity (Wildman–Crippen MR) is 87.0 cm³/mol. The van der Waals surface area contributed by atoms with E-state index in [9.17, 15) is 14.7 Å². The molecule has 1 aliphatic carbocycles. The first-order valence-corrected chi connectivity index (χ1v) is 8.12. The maximum atomic E-state index is 12.4. The molecular weight excluding hydrogens is 304 g/mol. The Morgan fingerprint density at radius 2 is 1.33 bits per heavy atom. The second kappa shape index (κ2) is 6.87. The van der Waals surface area contributed by atoms with E-state index >= 15 is 0 Å². The van der Waals surface area contributed by atoms with Crippen molar-refractivity contribution in [3.05, 3.63) is 71.8 Å². The number of hydrogen-bond donors (Lipinski definition) is 0. The zero-order valence-electron chi connectivity index (χ0n) is 13.4. The molecule has 0 spiro atoms. The monoisotopic (exact) mass is 323 g/mol. The van der Waals surface area contributed by atoms with Crippen molar-refractivity contribution < 1.29 is 19.4 Å². The lowest BCUT2D eigenvalue weighted by Crippen LogP contribution is -2.55. The topological polar surface area (TPSA) is 66.4 Å². The van der Waals surface area contributed by atoms with Crippen LogP contribution in [0.15, 0.2) is 60.7 Å². The van der Waals surface area contributed by atoms with Crippen molar-refractivity contribution in [1.82, 2.24) is 0 Å². The van der Waals surface area contributed by atoms with E-state index in [0.29, 0.717) is 0 Å². The van der Waals surface area contributed by atoms with Gasteiger partial charge in [-0.15, -0.1) is 0 Å². The summed E-state index contributed by atoms with van der Waals surface area (Å²) in [4.78, 5) is 24.1. The van der Waals surface area contributed by atoms with E-state index in [0.717, 1.165) is 11.1 Å². The molecule has 0 aliphatic heterocycles. The standard InChI is InChI=1S/C20H20O4/c1-2-24-20(23)18-16(14-11-7-4-8-12-14)15(17(18)19(21)22)13-9-5-3-6-10-13/h3-12,15-18H,2H2,1H3,(H,21,22)/p-1. The highest BCUT2D eigenvalue weighted by Crippen LogP contribution is 2.57. The van der Waals surface area contributed by atoms with Crippen LogP contribution in [0, 0.1) is 11.8 Å². The normalized spacial score (nSPS) is 25.5. The summed E-state index contributed by atoms with van der Waals surface area (Å²) in [5.74, 6) is -3.79. The molecule has 2 aromatic rings. The van der Waals surface area contributed by atoms with Crippen LogP contribution in [0.2, 0.25) is 0 Å². The van der Waals surface area contributed by atoms with Gasteiger partial charge < -0.3 is 14.6 Å². The van der Waals surface area contributed by atoms with Crippen molar-refractivity contribution in [3.63, 3.8) is 0 Å². The van der Waals surface area contributed by atoms with Crippen LogP contribution in [0.5, 0.6) is 0 Å². The fourth-order valence-electron chi connectivity index (χ4n) is 3.75. The number of carboxylic acid groups (broad SMARTS) is 1. The number of carboxylic acids is 1. The van der Waals surface area contributed by atoms with E-state index in [1.54, 1.807) is 6.92 Å². The zero-order valence-corrected chi connectivity index (χ0v) is 13.4. The van der Waals surface area contributed by atoms with Crippen molar-refractivity contribution >= 4 is 11.9 Å². The van der Waals surface area contributed by atoms with Gasteiger partial charge in [0.15, 0.2) is 0 Å². The Hall–Kier alpha value is -2.62. The molecule has 4 nitrogen and oxygen atoms in total. The lowest BCUT2D eigenvalue weighted by atomic mass is 9.52. The Bertz CT molecular complexity index is 711. The average Bonchev–Trinajstić information content (AvgIpc) is 2.56. The molecule has 124 valence electrons. The molecule has 24 heavy (non-hydrogen) atoms. The summed E-state index contributed by atoms with van der Waals surface area (Å²) in [5, 5.41) is 11.7. The van der Waals surface area contributed by atoms with Crippen molar-refractivity contribution in [2.45, 2.75) is 18.8 Å². The number of hydrogen-bond acceptors (Lipinski definition) is 4. The number of benzene rings is 2. The van der Waals surface area contributed by atoms with E-state index in [4.69, 9.17) is 4.74 Å².